The second-order valence-corrected chi connectivity index (χ2v) is 11.1. The lowest BCUT2D eigenvalue weighted by molar-refractivity contribution is 0.288. The lowest BCUT2D eigenvalue weighted by Crippen LogP contribution is -2.44. The Morgan fingerprint density at radius 1 is 0.846 bits per heavy atom. The van der Waals surface area contributed by atoms with Gasteiger partial charge in [-0.1, -0.05) is 18.2 Å². The molecule has 1 aliphatic heterocycles. The highest BCUT2D eigenvalue weighted by Crippen LogP contribution is 2.24. The van der Waals surface area contributed by atoms with Crippen LogP contribution in [-0.2, 0) is 16.6 Å². The number of rotatable bonds is 9. The Hall–Kier alpha value is -3.93. The van der Waals surface area contributed by atoms with E-state index in [2.05, 4.69) is 25.9 Å². The first-order chi connectivity index (χ1) is 18.9. The average Bonchev–Trinajstić information content (AvgIpc) is 2.95. The molecule has 0 unspecified atom stereocenters. The fourth-order valence-electron chi connectivity index (χ4n) is 4.35. The van der Waals surface area contributed by atoms with Crippen LogP contribution in [0.1, 0.15) is 18.4 Å². The van der Waals surface area contributed by atoms with Crippen molar-refractivity contribution in [1.82, 2.24) is 19.6 Å². The zero-order valence-electron chi connectivity index (χ0n) is 21.0. The highest BCUT2D eigenvalue weighted by Gasteiger charge is 2.29. The van der Waals surface area contributed by atoms with Crippen LogP contribution in [0.25, 0.3) is 0 Å². The zero-order chi connectivity index (χ0) is 27.2. The van der Waals surface area contributed by atoms with Gasteiger partial charge in [-0.05, 0) is 73.5 Å². The lowest BCUT2D eigenvalue weighted by atomic mass is 10.1. The van der Waals surface area contributed by atoms with Crippen molar-refractivity contribution in [2.75, 3.05) is 23.7 Å². The summed E-state index contributed by atoms with van der Waals surface area (Å²) in [4.78, 5) is 8.81. The van der Waals surface area contributed by atoms with Crippen LogP contribution in [-0.4, -0.2) is 41.8 Å². The minimum absolute atomic E-state index is 0.121. The van der Waals surface area contributed by atoms with Crippen molar-refractivity contribution in [3.63, 3.8) is 0 Å². The topological polar surface area (TPSA) is 99.2 Å². The molecule has 0 saturated carbocycles. The molecule has 39 heavy (non-hydrogen) atoms. The predicted molar refractivity (Wildman–Crippen MR) is 146 cm³/mol. The lowest BCUT2D eigenvalue weighted by Gasteiger charge is -2.31. The Balaban J connectivity index is 1.16. The van der Waals surface area contributed by atoms with Crippen LogP contribution >= 0.6 is 0 Å². The second-order valence-electron chi connectivity index (χ2n) is 9.20. The molecule has 0 amide bonds. The number of anilines is 4. The molecule has 5 rings (SSSR count). The van der Waals surface area contributed by atoms with Gasteiger partial charge in [0.1, 0.15) is 17.5 Å². The third kappa shape index (κ3) is 6.75. The molecule has 1 saturated heterocycles. The summed E-state index contributed by atoms with van der Waals surface area (Å²) in [5, 5.41) is 9.49. The number of nitrogens with zero attached hydrogens (tertiary/aromatic N) is 3. The minimum atomic E-state index is -3.64. The van der Waals surface area contributed by atoms with Crippen molar-refractivity contribution in [2.45, 2.75) is 30.3 Å². The Labute approximate surface area is 226 Å². The van der Waals surface area contributed by atoms with E-state index in [0.717, 1.165) is 0 Å². The van der Waals surface area contributed by atoms with Gasteiger partial charge in [0.2, 0.25) is 16.0 Å². The van der Waals surface area contributed by atoms with E-state index in [9.17, 15) is 17.2 Å². The maximum Gasteiger partial charge on any atom is 0.243 e. The van der Waals surface area contributed by atoms with Crippen LogP contribution < -0.4 is 16.0 Å². The first kappa shape index (κ1) is 26.7. The molecule has 1 aliphatic rings. The van der Waals surface area contributed by atoms with Crippen molar-refractivity contribution in [1.29, 1.82) is 0 Å². The summed E-state index contributed by atoms with van der Waals surface area (Å²) >= 11 is 0. The van der Waals surface area contributed by atoms with Gasteiger partial charge in [0.15, 0.2) is 0 Å². The van der Waals surface area contributed by atoms with Gasteiger partial charge in [0, 0.05) is 48.8 Å². The molecule has 0 radical (unpaired) electrons. The molecule has 1 aromatic heterocycles. The number of aromatic nitrogens is 2. The highest BCUT2D eigenvalue weighted by molar-refractivity contribution is 7.89. The van der Waals surface area contributed by atoms with Gasteiger partial charge in [-0.2, -0.15) is 9.29 Å². The van der Waals surface area contributed by atoms with Crippen LogP contribution in [0.15, 0.2) is 90.0 Å². The Bertz CT molecular complexity index is 1510. The first-order valence-corrected chi connectivity index (χ1v) is 14.0. The van der Waals surface area contributed by atoms with Gasteiger partial charge < -0.3 is 16.0 Å². The summed E-state index contributed by atoms with van der Waals surface area (Å²) in [6, 6.07) is 20.8. The highest BCUT2D eigenvalue weighted by atomic mass is 32.2. The molecule has 2 heterocycles. The molecule has 8 nitrogen and oxygen atoms in total. The number of piperidine rings is 1. The number of hydrogen-bond donors (Lipinski definition) is 3. The first-order valence-electron chi connectivity index (χ1n) is 12.6. The van der Waals surface area contributed by atoms with E-state index in [-0.39, 0.29) is 22.6 Å². The predicted octanol–water partition coefficient (Wildman–Crippen LogP) is 5.18. The number of hydrogen-bond acceptors (Lipinski definition) is 7. The van der Waals surface area contributed by atoms with E-state index < -0.39 is 10.0 Å². The molecule has 0 aliphatic carbocycles. The number of nitrogens with one attached hydrogen (secondary N) is 3. The largest absolute Gasteiger partial charge is 0.340 e. The van der Waals surface area contributed by atoms with E-state index in [1.807, 2.05) is 0 Å². The fraction of sp³-hybridized carbons (Fsp3) is 0.214. The van der Waals surface area contributed by atoms with Gasteiger partial charge in [-0.3, -0.25) is 0 Å². The third-order valence-corrected chi connectivity index (χ3v) is 8.43. The van der Waals surface area contributed by atoms with Gasteiger partial charge in [0.25, 0.3) is 0 Å². The Kier molecular flexibility index (Phi) is 8.10. The van der Waals surface area contributed by atoms with Gasteiger partial charge in [-0.15, -0.1) is 0 Å². The summed E-state index contributed by atoms with van der Waals surface area (Å²) in [6.07, 6.45) is 2.87. The van der Waals surface area contributed by atoms with Gasteiger partial charge >= 0.3 is 0 Å². The molecule has 202 valence electrons. The second kappa shape index (κ2) is 11.9. The van der Waals surface area contributed by atoms with E-state index >= 15 is 0 Å². The molecule has 0 atom stereocenters. The molecular formula is C28H28F2N6O2S. The maximum absolute atomic E-state index is 13.9. The SMILES string of the molecule is O=S(=O)(c1ccc(Nc2nccc(Nc3ccc(F)cc3)n2)cc1)N1CCC(NCc2ccccc2F)CC1. The molecule has 0 spiro atoms. The summed E-state index contributed by atoms with van der Waals surface area (Å²) in [6.45, 7) is 1.19. The normalized spacial score (nSPS) is 14.7. The Morgan fingerprint density at radius 3 is 2.23 bits per heavy atom. The summed E-state index contributed by atoms with van der Waals surface area (Å²) in [5.74, 6) is 0.269. The number of halogens is 2. The smallest absolute Gasteiger partial charge is 0.243 e. The van der Waals surface area contributed by atoms with Crippen molar-refractivity contribution in [2.24, 2.45) is 0 Å². The van der Waals surface area contributed by atoms with Crippen LogP contribution in [0.3, 0.4) is 0 Å². The van der Waals surface area contributed by atoms with Crippen LogP contribution in [0.2, 0.25) is 0 Å². The summed E-state index contributed by atoms with van der Waals surface area (Å²) in [5.41, 5.74) is 1.91. The molecule has 0 bridgehead atoms. The van der Waals surface area contributed by atoms with E-state index in [0.29, 0.717) is 61.2 Å². The summed E-state index contributed by atoms with van der Waals surface area (Å²) < 4.78 is 54.9. The third-order valence-electron chi connectivity index (χ3n) is 6.51. The molecule has 3 aromatic carbocycles. The maximum atomic E-state index is 13.9. The van der Waals surface area contributed by atoms with E-state index in [1.54, 1.807) is 66.9 Å². The van der Waals surface area contributed by atoms with Crippen molar-refractivity contribution in [3.8, 4) is 0 Å². The Morgan fingerprint density at radius 2 is 1.51 bits per heavy atom. The molecule has 4 aromatic rings. The van der Waals surface area contributed by atoms with Gasteiger partial charge in [0.05, 0.1) is 4.90 Å². The van der Waals surface area contributed by atoms with Crippen LogP contribution in [0, 0.1) is 11.6 Å². The van der Waals surface area contributed by atoms with E-state index in [1.165, 1.54) is 22.5 Å². The average molecular weight is 551 g/mol. The molecule has 3 N–H and O–H groups in total. The molecule has 1 fully saturated rings. The molecule has 11 heteroatoms. The standard InChI is InChI=1S/C28H28F2N6O2S/c29-21-5-7-23(8-6-21)33-27-13-16-31-28(35-27)34-24-9-11-25(12-10-24)39(37,38)36-17-14-22(15-18-36)32-19-20-3-1-2-4-26(20)30/h1-13,16,22,32H,14-15,17-19H2,(H2,31,33,34,35). The minimum Gasteiger partial charge on any atom is -0.340 e. The van der Waals surface area contributed by atoms with Crippen LogP contribution in [0.4, 0.5) is 31.9 Å². The fourth-order valence-corrected chi connectivity index (χ4v) is 5.82. The number of sulfonamides is 1. The zero-order valence-corrected chi connectivity index (χ0v) is 21.8. The van der Waals surface area contributed by atoms with E-state index in [4.69, 9.17) is 0 Å². The quantitative estimate of drug-likeness (QED) is 0.264. The molecular weight excluding hydrogens is 522 g/mol. The summed E-state index contributed by atoms with van der Waals surface area (Å²) in [7, 11) is -3.64. The van der Waals surface area contributed by atoms with Crippen molar-refractivity contribution in [3.05, 3.63) is 102 Å². The van der Waals surface area contributed by atoms with Crippen molar-refractivity contribution >= 4 is 33.2 Å². The number of benzene rings is 3. The van der Waals surface area contributed by atoms with Gasteiger partial charge in [-0.25, -0.2) is 22.2 Å². The van der Waals surface area contributed by atoms with Crippen LogP contribution in [0.5, 0.6) is 0 Å². The van der Waals surface area contributed by atoms with Crippen molar-refractivity contribution < 1.29 is 17.2 Å². The monoisotopic (exact) mass is 550 g/mol.